The average Bonchev–Trinajstić information content (AvgIpc) is 2.80. The number of amides is 3. The second-order valence-corrected chi connectivity index (χ2v) is 4.21. The number of nitrogens with one attached hydrogen (secondary N) is 2. The Morgan fingerprint density at radius 2 is 2.00 bits per heavy atom. The van der Waals surface area contributed by atoms with Gasteiger partial charge in [0.2, 0.25) is 0 Å². The average molecular weight is 297 g/mol. The van der Waals surface area contributed by atoms with Gasteiger partial charge >= 0.3 is 12.0 Å². The highest BCUT2D eigenvalue weighted by Crippen LogP contribution is 2.12. The number of nitrogens with zero attached hydrogens (tertiary/aromatic N) is 3. The molecule has 9 heteroatoms. The van der Waals surface area contributed by atoms with Crippen LogP contribution in [0.15, 0.2) is 0 Å². The number of carbonyl (C=O) groups excluding carboxylic acids is 3. The molecule has 1 rings (SSSR count). The highest BCUT2D eigenvalue weighted by molar-refractivity contribution is 5.96. The Hall–Kier alpha value is -2.45. The van der Waals surface area contributed by atoms with Crippen LogP contribution in [-0.2, 0) is 9.53 Å². The molecular weight excluding hydrogens is 278 g/mol. The van der Waals surface area contributed by atoms with E-state index in [9.17, 15) is 14.4 Å². The molecule has 2 N–H and O–H groups in total. The van der Waals surface area contributed by atoms with E-state index in [0.29, 0.717) is 12.2 Å². The van der Waals surface area contributed by atoms with Gasteiger partial charge in [-0.2, -0.15) is 0 Å². The Morgan fingerprint density at radius 1 is 1.33 bits per heavy atom. The van der Waals surface area contributed by atoms with Crippen molar-refractivity contribution in [3.63, 3.8) is 0 Å². The van der Waals surface area contributed by atoms with Gasteiger partial charge in [0.25, 0.3) is 5.91 Å². The zero-order chi connectivity index (χ0) is 16.0. The molecule has 21 heavy (non-hydrogen) atoms. The van der Waals surface area contributed by atoms with Gasteiger partial charge in [0.05, 0.1) is 12.3 Å². The summed E-state index contributed by atoms with van der Waals surface area (Å²) in [5, 5.41) is 12.1. The number of esters is 1. The fourth-order valence-electron chi connectivity index (χ4n) is 1.63. The minimum atomic E-state index is -0.789. The second kappa shape index (κ2) is 7.36. The molecule has 1 aromatic heterocycles. The minimum Gasteiger partial charge on any atom is -0.461 e. The number of imide groups is 1. The molecule has 1 unspecified atom stereocenters. The quantitative estimate of drug-likeness (QED) is 0.749. The summed E-state index contributed by atoms with van der Waals surface area (Å²) in [4.78, 5) is 34.9. The normalized spacial score (nSPS) is 11.6. The maximum atomic E-state index is 11.9. The van der Waals surface area contributed by atoms with Crippen LogP contribution in [-0.4, -0.2) is 46.1 Å². The smallest absolute Gasteiger partial charge is 0.360 e. The highest BCUT2D eigenvalue weighted by atomic mass is 16.5. The maximum absolute atomic E-state index is 11.9. The summed E-state index contributed by atoms with van der Waals surface area (Å²) < 4.78 is 6.10. The van der Waals surface area contributed by atoms with Crippen molar-refractivity contribution in [1.29, 1.82) is 0 Å². The molecule has 0 spiro atoms. The molecule has 0 aliphatic rings. The van der Waals surface area contributed by atoms with E-state index >= 15 is 0 Å². The van der Waals surface area contributed by atoms with Crippen molar-refractivity contribution >= 4 is 17.9 Å². The number of carbonyl (C=O) groups is 3. The monoisotopic (exact) mass is 297 g/mol. The lowest BCUT2D eigenvalue weighted by Gasteiger charge is -2.13. The largest absolute Gasteiger partial charge is 0.461 e. The van der Waals surface area contributed by atoms with Crippen LogP contribution in [0.1, 0.15) is 43.0 Å². The first-order chi connectivity index (χ1) is 9.92. The molecule has 0 aliphatic carbocycles. The van der Waals surface area contributed by atoms with Gasteiger partial charge < -0.3 is 10.1 Å². The summed E-state index contributed by atoms with van der Waals surface area (Å²) in [7, 11) is 0. The highest BCUT2D eigenvalue weighted by Gasteiger charge is 2.24. The summed E-state index contributed by atoms with van der Waals surface area (Å²) in [6.45, 7) is 7.19. The molecular formula is C12H19N5O4. The molecule has 1 heterocycles. The Kier molecular flexibility index (Phi) is 5.82. The number of hydrogen-bond acceptors (Lipinski definition) is 6. The van der Waals surface area contributed by atoms with E-state index in [0.717, 1.165) is 0 Å². The molecule has 9 nitrogen and oxygen atoms in total. The molecule has 0 fully saturated rings. The number of hydrogen-bond donors (Lipinski definition) is 2. The maximum Gasteiger partial charge on any atom is 0.360 e. The van der Waals surface area contributed by atoms with Crippen molar-refractivity contribution in [2.24, 2.45) is 0 Å². The Morgan fingerprint density at radius 3 is 2.57 bits per heavy atom. The van der Waals surface area contributed by atoms with Crippen molar-refractivity contribution in [3.05, 3.63) is 11.4 Å². The van der Waals surface area contributed by atoms with E-state index in [1.807, 2.05) is 0 Å². The zero-order valence-electron chi connectivity index (χ0n) is 12.5. The van der Waals surface area contributed by atoms with Crippen LogP contribution in [0.5, 0.6) is 0 Å². The van der Waals surface area contributed by atoms with Crippen molar-refractivity contribution in [1.82, 2.24) is 25.6 Å². The lowest BCUT2D eigenvalue weighted by atomic mass is 10.2. The van der Waals surface area contributed by atoms with Gasteiger partial charge in [-0.25, -0.2) is 14.3 Å². The molecule has 0 aromatic carbocycles. The molecule has 0 radical (unpaired) electrons. The molecule has 3 amide bonds. The molecule has 116 valence electrons. The van der Waals surface area contributed by atoms with Crippen molar-refractivity contribution < 1.29 is 19.1 Å². The Labute approximate surface area is 122 Å². The molecule has 1 atom stereocenters. The second-order valence-electron chi connectivity index (χ2n) is 4.21. The summed E-state index contributed by atoms with van der Waals surface area (Å²) >= 11 is 0. The lowest BCUT2D eigenvalue weighted by molar-refractivity contribution is -0.123. The van der Waals surface area contributed by atoms with Crippen LogP contribution < -0.4 is 10.6 Å². The first kappa shape index (κ1) is 16.6. The number of aromatic nitrogens is 3. The van der Waals surface area contributed by atoms with Crippen LogP contribution in [0.3, 0.4) is 0 Å². The van der Waals surface area contributed by atoms with Gasteiger partial charge in [-0.1, -0.05) is 5.21 Å². The predicted molar refractivity (Wildman–Crippen MR) is 72.6 cm³/mol. The zero-order valence-corrected chi connectivity index (χ0v) is 12.5. The van der Waals surface area contributed by atoms with Crippen LogP contribution in [0, 0.1) is 6.92 Å². The van der Waals surface area contributed by atoms with Gasteiger partial charge in [0.1, 0.15) is 6.04 Å². The van der Waals surface area contributed by atoms with Gasteiger partial charge in [-0.15, -0.1) is 5.10 Å². The van der Waals surface area contributed by atoms with E-state index in [4.69, 9.17) is 4.74 Å². The van der Waals surface area contributed by atoms with E-state index in [-0.39, 0.29) is 12.3 Å². The van der Waals surface area contributed by atoms with Crippen molar-refractivity contribution in [2.75, 3.05) is 13.2 Å². The van der Waals surface area contributed by atoms with Gasteiger partial charge in [0.15, 0.2) is 5.69 Å². The molecule has 0 bridgehead atoms. The third kappa shape index (κ3) is 4.01. The van der Waals surface area contributed by atoms with Crippen LogP contribution in [0.4, 0.5) is 4.79 Å². The predicted octanol–water partition coefficient (Wildman–Crippen LogP) is 0.170. The molecule has 0 saturated heterocycles. The van der Waals surface area contributed by atoms with E-state index in [1.54, 1.807) is 27.7 Å². The third-order valence-electron chi connectivity index (χ3n) is 2.72. The van der Waals surface area contributed by atoms with Crippen LogP contribution >= 0.6 is 0 Å². The van der Waals surface area contributed by atoms with Crippen molar-refractivity contribution in [3.8, 4) is 0 Å². The first-order valence-corrected chi connectivity index (χ1v) is 6.59. The third-order valence-corrected chi connectivity index (χ3v) is 2.72. The number of urea groups is 1. The fourth-order valence-corrected chi connectivity index (χ4v) is 1.63. The van der Waals surface area contributed by atoms with Gasteiger partial charge in [0, 0.05) is 6.54 Å². The summed E-state index contributed by atoms with van der Waals surface area (Å²) in [5.41, 5.74) is 0.446. The molecule has 1 aromatic rings. The summed E-state index contributed by atoms with van der Waals surface area (Å²) in [6.07, 6.45) is 0. The summed E-state index contributed by atoms with van der Waals surface area (Å²) in [6, 6.07) is -1.37. The van der Waals surface area contributed by atoms with Gasteiger partial charge in [-0.05, 0) is 27.7 Å². The first-order valence-electron chi connectivity index (χ1n) is 6.59. The standard InChI is InChI=1S/C12H19N5O4/c1-5-13-12(20)14-10(18)8(4)17-7(3)9(15-16-17)11(19)21-6-2/h8H,5-6H2,1-4H3,(H2,13,14,18,20). The van der Waals surface area contributed by atoms with Crippen LogP contribution in [0.2, 0.25) is 0 Å². The SMILES string of the molecule is CCNC(=O)NC(=O)C(C)n1nnc(C(=O)OCC)c1C. The Balaban J connectivity index is 2.83. The summed E-state index contributed by atoms with van der Waals surface area (Å²) in [5.74, 6) is -1.15. The van der Waals surface area contributed by atoms with Gasteiger partial charge in [-0.3, -0.25) is 10.1 Å². The molecule has 0 saturated carbocycles. The van der Waals surface area contributed by atoms with E-state index < -0.39 is 23.9 Å². The molecule has 0 aliphatic heterocycles. The van der Waals surface area contributed by atoms with Crippen molar-refractivity contribution in [2.45, 2.75) is 33.7 Å². The van der Waals surface area contributed by atoms with Crippen LogP contribution in [0.25, 0.3) is 0 Å². The van der Waals surface area contributed by atoms with E-state index in [1.165, 1.54) is 4.68 Å². The number of rotatable bonds is 5. The lowest BCUT2D eigenvalue weighted by Crippen LogP contribution is -2.42. The fraction of sp³-hybridized carbons (Fsp3) is 0.583. The number of ether oxygens (including phenoxy) is 1. The minimum absolute atomic E-state index is 0.0505. The Bertz CT molecular complexity index is 540. The van der Waals surface area contributed by atoms with E-state index in [2.05, 4.69) is 20.9 Å². The topological polar surface area (TPSA) is 115 Å².